The first-order valence-corrected chi connectivity index (χ1v) is 17.6. The second-order valence-corrected chi connectivity index (χ2v) is 13.9. The molecule has 0 heterocycles. The summed E-state index contributed by atoms with van der Waals surface area (Å²) in [6, 6.07) is 31.5. The number of aryl methyl sites for hydroxylation is 1. The van der Waals surface area contributed by atoms with E-state index in [9.17, 15) is 18.0 Å². The molecule has 1 fully saturated rings. The van der Waals surface area contributed by atoms with Crippen molar-refractivity contribution in [1.29, 1.82) is 0 Å². The Bertz CT molecular complexity index is 1720. The molecule has 0 radical (unpaired) electrons. The van der Waals surface area contributed by atoms with Crippen LogP contribution < -0.4 is 14.4 Å². The first-order valence-electron chi connectivity index (χ1n) is 16.2. The average molecular weight is 654 g/mol. The molecular formula is C38H43N3O5S. The Morgan fingerprint density at radius 3 is 2.04 bits per heavy atom. The summed E-state index contributed by atoms with van der Waals surface area (Å²) in [6.45, 7) is 1.47. The Hall–Kier alpha value is -4.63. The van der Waals surface area contributed by atoms with Crippen molar-refractivity contribution >= 4 is 27.5 Å². The van der Waals surface area contributed by atoms with Crippen LogP contribution in [0.4, 0.5) is 5.69 Å². The zero-order valence-corrected chi connectivity index (χ0v) is 27.9. The van der Waals surface area contributed by atoms with Gasteiger partial charge in [-0.3, -0.25) is 13.9 Å². The average Bonchev–Trinajstić information content (AvgIpc) is 3.10. The van der Waals surface area contributed by atoms with Crippen LogP contribution in [0.2, 0.25) is 0 Å². The highest BCUT2D eigenvalue weighted by molar-refractivity contribution is 7.92. The van der Waals surface area contributed by atoms with Crippen LogP contribution in [0, 0.1) is 6.92 Å². The maximum Gasteiger partial charge on any atom is 0.264 e. The molecule has 9 heteroatoms. The highest BCUT2D eigenvalue weighted by atomic mass is 32.2. The molecule has 1 unspecified atom stereocenters. The first kappa shape index (κ1) is 33.7. The lowest BCUT2D eigenvalue weighted by atomic mass is 9.94. The first-order chi connectivity index (χ1) is 22.8. The second kappa shape index (κ2) is 15.8. The van der Waals surface area contributed by atoms with Crippen LogP contribution >= 0.6 is 0 Å². The third-order valence-corrected chi connectivity index (χ3v) is 10.4. The lowest BCUT2D eigenvalue weighted by Crippen LogP contribution is -2.55. The molecule has 1 N–H and O–H groups in total. The van der Waals surface area contributed by atoms with Crippen molar-refractivity contribution in [3.8, 4) is 5.75 Å². The van der Waals surface area contributed by atoms with Crippen molar-refractivity contribution in [1.82, 2.24) is 10.2 Å². The molecule has 2 amide bonds. The van der Waals surface area contributed by atoms with Crippen LogP contribution in [-0.2, 0) is 32.6 Å². The number of methoxy groups -OCH3 is 1. The minimum Gasteiger partial charge on any atom is -0.495 e. The molecule has 0 spiro atoms. The van der Waals surface area contributed by atoms with Gasteiger partial charge >= 0.3 is 0 Å². The number of ether oxygens (including phenoxy) is 1. The van der Waals surface area contributed by atoms with Gasteiger partial charge in [0, 0.05) is 19.0 Å². The summed E-state index contributed by atoms with van der Waals surface area (Å²) in [7, 11) is -2.76. The number of sulfonamides is 1. The van der Waals surface area contributed by atoms with Crippen molar-refractivity contribution in [2.24, 2.45) is 0 Å². The Morgan fingerprint density at radius 1 is 0.809 bits per heavy atom. The number of rotatable bonds is 13. The standard InChI is InChI=1S/C38H43N3O5S/c1-29-22-24-33(25-23-29)47(44,45)41(34-20-12-13-21-36(34)46-2)28-37(42)40(27-31-16-8-4-9-17-31)35(26-30-14-6-3-7-15-30)38(43)39-32-18-10-5-11-19-32/h3-4,6-9,12-17,20-25,32,35H,5,10-11,18-19,26-28H2,1-2H3,(H,39,43). The maximum absolute atomic E-state index is 14.7. The lowest BCUT2D eigenvalue weighted by molar-refractivity contribution is -0.140. The largest absolute Gasteiger partial charge is 0.495 e. The fraction of sp³-hybridized carbons (Fsp3) is 0.316. The number of anilines is 1. The molecule has 8 nitrogen and oxygen atoms in total. The smallest absolute Gasteiger partial charge is 0.264 e. The van der Waals surface area contributed by atoms with Crippen molar-refractivity contribution < 1.29 is 22.7 Å². The number of benzene rings is 4. The van der Waals surface area contributed by atoms with E-state index in [1.54, 1.807) is 36.4 Å². The van der Waals surface area contributed by atoms with Gasteiger partial charge in [0.05, 0.1) is 17.7 Å². The SMILES string of the molecule is COc1ccccc1N(CC(=O)N(Cc1ccccc1)C(Cc1ccccc1)C(=O)NC1CCCCC1)S(=O)(=O)c1ccc(C)cc1. The maximum atomic E-state index is 14.7. The van der Waals surface area contributed by atoms with E-state index in [-0.39, 0.29) is 35.5 Å². The Morgan fingerprint density at radius 2 is 1.40 bits per heavy atom. The quantitative estimate of drug-likeness (QED) is 0.183. The number of para-hydroxylation sites is 2. The number of nitrogens with zero attached hydrogens (tertiary/aromatic N) is 2. The minimum absolute atomic E-state index is 0.0372. The molecule has 1 saturated carbocycles. The molecule has 5 rings (SSSR count). The van der Waals surface area contributed by atoms with Gasteiger partial charge in [0.2, 0.25) is 11.8 Å². The van der Waals surface area contributed by atoms with Crippen LogP contribution in [0.25, 0.3) is 0 Å². The summed E-state index contributed by atoms with van der Waals surface area (Å²) in [6.07, 6.45) is 5.31. The number of carbonyl (C=O) groups is 2. The zero-order chi connectivity index (χ0) is 33.2. The fourth-order valence-corrected chi connectivity index (χ4v) is 7.49. The van der Waals surface area contributed by atoms with Gasteiger partial charge in [0.25, 0.3) is 10.0 Å². The van der Waals surface area contributed by atoms with Gasteiger partial charge < -0.3 is 15.0 Å². The van der Waals surface area contributed by atoms with Crippen LogP contribution in [-0.4, -0.2) is 50.9 Å². The summed E-state index contributed by atoms with van der Waals surface area (Å²) in [5.41, 5.74) is 2.87. The Labute approximate surface area is 278 Å². The normalized spacial score (nSPS) is 14.2. The molecule has 0 aliphatic heterocycles. The molecular weight excluding hydrogens is 611 g/mol. The van der Waals surface area contributed by atoms with Crippen molar-refractivity contribution in [2.75, 3.05) is 18.0 Å². The van der Waals surface area contributed by atoms with Gasteiger partial charge in [-0.1, -0.05) is 110 Å². The van der Waals surface area contributed by atoms with E-state index in [4.69, 9.17) is 4.74 Å². The zero-order valence-electron chi connectivity index (χ0n) is 27.0. The molecule has 1 atom stereocenters. The number of nitrogens with one attached hydrogen (secondary N) is 1. The Kier molecular flexibility index (Phi) is 11.3. The number of amides is 2. The van der Waals surface area contributed by atoms with Gasteiger partial charge in [-0.25, -0.2) is 8.42 Å². The van der Waals surface area contributed by atoms with Crippen LogP contribution in [0.3, 0.4) is 0 Å². The topological polar surface area (TPSA) is 96.0 Å². The number of hydrogen-bond donors (Lipinski definition) is 1. The van der Waals surface area contributed by atoms with E-state index in [2.05, 4.69) is 5.32 Å². The molecule has 0 saturated heterocycles. The van der Waals surface area contributed by atoms with Crippen LogP contribution in [0.1, 0.15) is 48.8 Å². The van der Waals surface area contributed by atoms with Crippen LogP contribution in [0.5, 0.6) is 5.75 Å². The minimum atomic E-state index is -4.23. The molecule has 4 aromatic rings. The van der Waals surface area contributed by atoms with Crippen LogP contribution in [0.15, 0.2) is 114 Å². The highest BCUT2D eigenvalue weighted by Gasteiger charge is 2.36. The predicted octanol–water partition coefficient (Wildman–Crippen LogP) is 6.29. The number of hydrogen-bond acceptors (Lipinski definition) is 5. The van der Waals surface area contributed by atoms with Gasteiger partial charge in [-0.05, 0) is 55.2 Å². The molecule has 1 aliphatic rings. The van der Waals surface area contributed by atoms with E-state index in [0.717, 1.165) is 53.1 Å². The van der Waals surface area contributed by atoms with Gasteiger partial charge in [-0.2, -0.15) is 0 Å². The van der Waals surface area contributed by atoms with Gasteiger partial charge in [-0.15, -0.1) is 0 Å². The second-order valence-electron chi connectivity index (χ2n) is 12.1. The molecule has 47 heavy (non-hydrogen) atoms. The highest BCUT2D eigenvalue weighted by Crippen LogP contribution is 2.33. The summed E-state index contributed by atoms with van der Waals surface area (Å²) >= 11 is 0. The fourth-order valence-electron chi connectivity index (χ4n) is 6.06. The van der Waals surface area contributed by atoms with E-state index >= 15 is 0 Å². The van der Waals surface area contributed by atoms with E-state index < -0.39 is 28.5 Å². The summed E-state index contributed by atoms with van der Waals surface area (Å²) < 4.78 is 35.3. The molecule has 1 aliphatic carbocycles. The van der Waals surface area contributed by atoms with Gasteiger partial charge in [0.15, 0.2) is 0 Å². The summed E-state index contributed by atoms with van der Waals surface area (Å²) in [4.78, 5) is 30.5. The van der Waals surface area contributed by atoms with E-state index in [0.29, 0.717) is 5.75 Å². The van der Waals surface area contributed by atoms with Crippen molar-refractivity contribution in [3.63, 3.8) is 0 Å². The number of carbonyl (C=O) groups excluding carboxylic acids is 2. The van der Waals surface area contributed by atoms with E-state index in [1.165, 1.54) is 24.1 Å². The van der Waals surface area contributed by atoms with Gasteiger partial charge in [0.1, 0.15) is 18.3 Å². The van der Waals surface area contributed by atoms with E-state index in [1.807, 2.05) is 67.6 Å². The molecule has 0 bridgehead atoms. The third-order valence-electron chi connectivity index (χ3n) is 8.66. The Balaban J connectivity index is 1.57. The predicted molar refractivity (Wildman–Crippen MR) is 185 cm³/mol. The van der Waals surface area contributed by atoms with Crippen molar-refractivity contribution in [3.05, 3.63) is 126 Å². The third kappa shape index (κ3) is 8.60. The molecule has 4 aromatic carbocycles. The lowest BCUT2D eigenvalue weighted by Gasteiger charge is -2.35. The summed E-state index contributed by atoms with van der Waals surface area (Å²) in [5.74, 6) is -0.438. The van der Waals surface area contributed by atoms with Crippen molar-refractivity contribution in [2.45, 2.75) is 69.0 Å². The summed E-state index contributed by atoms with van der Waals surface area (Å²) in [5, 5.41) is 3.24. The molecule has 0 aromatic heterocycles. The monoisotopic (exact) mass is 653 g/mol. The molecule has 246 valence electrons.